The van der Waals surface area contributed by atoms with E-state index in [0.29, 0.717) is 22.9 Å². The molecular formula is C18H23N3. The van der Waals surface area contributed by atoms with Gasteiger partial charge in [-0.05, 0) is 50.3 Å². The maximum absolute atomic E-state index is 9.09. The van der Waals surface area contributed by atoms with E-state index in [4.69, 9.17) is 10.2 Å². The molecule has 3 rings (SSSR count). The van der Waals surface area contributed by atoms with Gasteiger partial charge in [0.25, 0.3) is 0 Å². The Morgan fingerprint density at radius 1 is 1.38 bits per heavy atom. The summed E-state index contributed by atoms with van der Waals surface area (Å²) in [5.41, 5.74) is 3.11. The van der Waals surface area contributed by atoms with E-state index in [1.165, 1.54) is 25.1 Å². The average molecular weight is 281 g/mol. The molecule has 1 aromatic heterocycles. The zero-order valence-electron chi connectivity index (χ0n) is 13.3. The Hall–Kier alpha value is -1.82. The Morgan fingerprint density at radius 2 is 2.14 bits per heavy atom. The van der Waals surface area contributed by atoms with E-state index in [1.54, 1.807) is 0 Å². The SMILES string of the molecule is CC(C)n1c(C2CCCC2(C)C)nc2cc(C#N)ccc21. The van der Waals surface area contributed by atoms with Crippen LogP contribution in [-0.4, -0.2) is 9.55 Å². The molecule has 0 saturated heterocycles. The van der Waals surface area contributed by atoms with Crippen LogP contribution >= 0.6 is 0 Å². The molecule has 1 saturated carbocycles. The highest BCUT2D eigenvalue weighted by Crippen LogP contribution is 2.49. The smallest absolute Gasteiger partial charge is 0.113 e. The van der Waals surface area contributed by atoms with Gasteiger partial charge in [-0.3, -0.25) is 0 Å². The molecule has 21 heavy (non-hydrogen) atoms. The molecule has 3 nitrogen and oxygen atoms in total. The number of hydrogen-bond donors (Lipinski definition) is 0. The van der Waals surface area contributed by atoms with Crippen LogP contribution in [0.25, 0.3) is 11.0 Å². The lowest BCUT2D eigenvalue weighted by Gasteiger charge is -2.28. The highest BCUT2D eigenvalue weighted by molar-refractivity contribution is 5.78. The zero-order valence-corrected chi connectivity index (χ0v) is 13.3. The van der Waals surface area contributed by atoms with Crippen LogP contribution in [0, 0.1) is 16.7 Å². The fraction of sp³-hybridized carbons (Fsp3) is 0.556. The number of nitrogens with zero attached hydrogens (tertiary/aromatic N) is 3. The Labute approximate surface area is 126 Å². The summed E-state index contributed by atoms with van der Waals surface area (Å²) in [6.45, 7) is 9.14. The summed E-state index contributed by atoms with van der Waals surface area (Å²) < 4.78 is 2.37. The molecule has 1 fully saturated rings. The molecular weight excluding hydrogens is 258 g/mol. The number of rotatable bonds is 2. The topological polar surface area (TPSA) is 41.6 Å². The standard InChI is InChI=1S/C18H23N3/c1-12(2)21-16-8-7-13(11-19)10-15(16)20-17(21)14-6-5-9-18(14,3)4/h7-8,10,12,14H,5-6,9H2,1-4H3. The van der Waals surface area contributed by atoms with E-state index >= 15 is 0 Å². The summed E-state index contributed by atoms with van der Waals surface area (Å²) in [6, 6.07) is 8.46. The van der Waals surface area contributed by atoms with E-state index < -0.39 is 0 Å². The van der Waals surface area contributed by atoms with Crippen LogP contribution in [0.2, 0.25) is 0 Å². The lowest BCUT2D eigenvalue weighted by Crippen LogP contribution is -2.20. The summed E-state index contributed by atoms with van der Waals surface area (Å²) in [5, 5.41) is 9.09. The first-order valence-corrected chi connectivity index (χ1v) is 7.86. The molecule has 0 amide bonds. The predicted octanol–water partition coefficient (Wildman–Crippen LogP) is 4.78. The lowest BCUT2D eigenvalue weighted by atomic mass is 9.81. The molecule has 1 atom stereocenters. The summed E-state index contributed by atoms with van der Waals surface area (Å²) in [4.78, 5) is 4.93. The first-order chi connectivity index (χ1) is 9.94. The molecule has 0 spiro atoms. The highest BCUT2D eigenvalue weighted by Gasteiger charge is 2.38. The van der Waals surface area contributed by atoms with Crippen molar-refractivity contribution in [3.63, 3.8) is 0 Å². The minimum absolute atomic E-state index is 0.312. The van der Waals surface area contributed by atoms with Gasteiger partial charge >= 0.3 is 0 Å². The van der Waals surface area contributed by atoms with Crippen molar-refractivity contribution >= 4 is 11.0 Å². The molecule has 1 aromatic carbocycles. The molecule has 110 valence electrons. The number of aromatic nitrogens is 2. The summed E-state index contributed by atoms with van der Waals surface area (Å²) >= 11 is 0. The van der Waals surface area contributed by atoms with Crippen LogP contribution < -0.4 is 0 Å². The largest absolute Gasteiger partial charge is 0.325 e. The third-order valence-corrected chi connectivity index (χ3v) is 4.93. The quantitative estimate of drug-likeness (QED) is 0.794. The first kappa shape index (κ1) is 14.1. The molecule has 3 heteroatoms. The third kappa shape index (κ3) is 2.23. The van der Waals surface area contributed by atoms with Crippen molar-refractivity contribution < 1.29 is 0 Å². The number of hydrogen-bond acceptors (Lipinski definition) is 2. The van der Waals surface area contributed by atoms with E-state index in [2.05, 4.69) is 38.3 Å². The summed E-state index contributed by atoms with van der Waals surface area (Å²) in [7, 11) is 0. The fourth-order valence-corrected chi connectivity index (χ4v) is 3.78. The van der Waals surface area contributed by atoms with Crippen LogP contribution in [0.5, 0.6) is 0 Å². The summed E-state index contributed by atoms with van der Waals surface area (Å²) in [6.07, 6.45) is 3.76. The molecule has 0 aliphatic heterocycles. The fourth-order valence-electron chi connectivity index (χ4n) is 3.78. The van der Waals surface area contributed by atoms with Gasteiger partial charge in [0, 0.05) is 12.0 Å². The van der Waals surface area contributed by atoms with Gasteiger partial charge in [0.15, 0.2) is 0 Å². The highest BCUT2D eigenvalue weighted by atomic mass is 15.1. The van der Waals surface area contributed by atoms with Crippen LogP contribution in [0.15, 0.2) is 18.2 Å². The van der Waals surface area contributed by atoms with Crippen molar-refractivity contribution in [1.29, 1.82) is 5.26 Å². The minimum atomic E-state index is 0.312. The predicted molar refractivity (Wildman–Crippen MR) is 85.2 cm³/mol. The molecule has 1 heterocycles. The number of fused-ring (bicyclic) bond motifs is 1. The van der Waals surface area contributed by atoms with E-state index in [-0.39, 0.29) is 0 Å². The zero-order chi connectivity index (χ0) is 15.2. The van der Waals surface area contributed by atoms with Crippen LogP contribution in [-0.2, 0) is 0 Å². The monoisotopic (exact) mass is 281 g/mol. The lowest BCUT2D eigenvalue weighted by molar-refractivity contribution is 0.313. The van der Waals surface area contributed by atoms with Crippen LogP contribution in [0.1, 0.15) is 70.3 Å². The maximum atomic E-state index is 9.09. The van der Waals surface area contributed by atoms with Crippen molar-refractivity contribution in [3.05, 3.63) is 29.6 Å². The molecule has 0 bridgehead atoms. The van der Waals surface area contributed by atoms with Crippen molar-refractivity contribution in [2.75, 3.05) is 0 Å². The van der Waals surface area contributed by atoms with E-state index in [9.17, 15) is 0 Å². The Balaban J connectivity index is 2.22. The third-order valence-electron chi connectivity index (χ3n) is 4.93. The van der Waals surface area contributed by atoms with Crippen molar-refractivity contribution in [2.24, 2.45) is 5.41 Å². The molecule has 1 unspecified atom stereocenters. The van der Waals surface area contributed by atoms with E-state index in [0.717, 1.165) is 11.0 Å². The van der Waals surface area contributed by atoms with Gasteiger partial charge in [-0.2, -0.15) is 5.26 Å². The van der Waals surface area contributed by atoms with Crippen molar-refractivity contribution in [3.8, 4) is 6.07 Å². The molecule has 2 aromatic rings. The number of imidazole rings is 1. The van der Waals surface area contributed by atoms with Gasteiger partial charge in [-0.15, -0.1) is 0 Å². The van der Waals surface area contributed by atoms with Crippen molar-refractivity contribution in [2.45, 2.75) is 58.9 Å². The first-order valence-electron chi connectivity index (χ1n) is 7.86. The molecule has 1 aliphatic carbocycles. The maximum Gasteiger partial charge on any atom is 0.113 e. The van der Waals surface area contributed by atoms with Crippen LogP contribution in [0.4, 0.5) is 0 Å². The normalized spacial score (nSPS) is 21.0. The Kier molecular flexibility index (Phi) is 3.28. The molecule has 1 aliphatic rings. The second-order valence-electron chi connectivity index (χ2n) is 7.18. The van der Waals surface area contributed by atoms with E-state index in [1.807, 2.05) is 18.2 Å². The second-order valence-corrected chi connectivity index (χ2v) is 7.18. The minimum Gasteiger partial charge on any atom is -0.325 e. The molecule has 0 N–H and O–H groups in total. The Morgan fingerprint density at radius 3 is 2.71 bits per heavy atom. The van der Waals surface area contributed by atoms with Gasteiger partial charge in [-0.1, -0.05) is 20.3 Å². The van der Waals surface area contributed by atoms with Gasteiger partial charge in [-0.25, -0.2) is 4.98 Å². The van der Waals surface area contributed by atoms with Gasteiger partial charge in [0.05, 0.1) is 22.7 Å². The second kappa shape index (κ2) is 4.87. The number of nitriles is 1. The number of benzene rings is 1. The average Bonchev–Trinajstić information content (AvgIpc) is 2.96. The van der Waals surface area contributed by atoms with Crippen molar-refractivity contribution in [1.82, 2.24) is 9.55 Å². The molecule has 0 radical (unpaired) electrons. The summed E-state index contributed by atoms with van der Waals surface area (Å²) in [5.74, 6) is 1.72. The van der Waals surface area contributed by atoms with Gasteiger partial charge in [0.1, 0.15) is 5.82 Å². The Bertz CT molecular complexity index is 716. The van der Waals surface area contributed by atoms with Gasteiger partial charge < -0.3 is 4.57 Å². The van der Waals surface area contributed by atoms with Gasteiger partial charge in [0.2, 0.25) is 0 Å². The van der Waals surface area contributed by atoms with Crippen LogP contribution in [0.3, 0.4) is 0 Å².